The molecule has 1 saturated heterocycles. The predicted octanol–water partition coefficient (Wildman–Crippen LogP) is 7.56. The molecule has 1 fully saturated rings. The zero-order chi connectivity index (χ0) is 29.2. The largest absolute Gasteiger partial charge is 0.479 e. The molecule has 40 heavy (non-hydrogen) atoms. The summed E-state index contributed by atoms with van der Waals surface area (Å²) in [5, 5.41) is 11.0. The third-order valence-electron chi connectivity index (χ3n) is 7.44. The Balaban J connectivity index is 1.74. The van der Waals surface area contributed by atoms with Gasteiger partial charge in [0.25, 0.3) is 0 Å². The van der Waals surface area contributed by atoms with E-state index in [1.807, 2.05) is 71.1 Å². The first kappa shape index (κ1) is 29.8. The fourth-order valence-electron chi connectivity index (χ4n) is 5.02. The Morgan fingerprint density at radius 2 is 1.80 bits per heavy atom. The van der Waals surface area contributed by atoms with Crippen LogP contribution >= 0.6 is 11.6 Å². The van der Waals surface area contributed by atoms with Gasteiger partial charge in [-0.3, -0.25) is 4.98 Å². The molecule has 1 N–H and O–H groups in total. The van der Waals surface area contributed by atoms with Crippen molar-refractivity contribution in [2.45, 2.75) is 79.6 Å². The molecule has 1 unspecified atom stereocenters. The van der Waals surface area contributed by atoms with Crippen LogP contribution in [0.1, 0.15) is 75.9 Å². The first-order chi connectivity index (χ1) is 18.8. The summed E-state index contributed by atoms with van der Waals surface area (Å²) >= 11 is 6.36. The first-order valence-electron chi connectivity index (χ1n) is 13.7. The number of ether oxygens (including phenoxy) is 2. The summed E-state index contributed by atoms with van der Waals surface area (Å²) in [6, 6.07) is 9.53. The smallest absolute Gasteiger partial charge is 0.337 e. The maximum Gasteiger partial charge on any atom is 0.337 e. The summed E-state index contributed by atoms with van der Waals surface area (Å²) in [5.41, 5.74) is 5.29. The second-order valence-electron chi connectivity index (χ2n) is 12.3. The molecule has 1 atom stereocenters. The van der Waals surface area contributed by atoms with Crippen molar-refractivity contribution in [3.8, 4) is 17.0 Å². The molecular formula is C32H40ClN3O4. The van der Waals surface area contributed by atoms with E-state index >= 15 is 0 Å². The van der Waals surface area contributed by atoms with E-state index in [2.05, 4.69) is 28.7 Å². The van der Waals surface area contributed by atoms with Crippen molar-refractivity contribution >= 4 is 23.3 Å². The van der Waals surface area contributed by atoms with Crippen molar-refractivity contribution in [2.75, 3.05) is 18.0 Å². The number of pyridine rings is 2. The quantitative estimate of drug-likeness (QED) is 0.301. The molecule has 3 heterocycles. The number of rotatable bonds is 8. The number of aryl methyl sites for hydroxylation is 2. The zero-order valence-corrected chi connectivity index (χ0v) is 25.3. The number of aromatic nitrogens is 2. The predicted molar refractivity (Wildman–Crippen MR) is 159 cm³/mol. The van der Waals surface area contributed by atoms with Gasteiger partial charge in [0.05, 0.1) is 11.3 Å². The lowest BCUT2D eigenvalue weighted by Crippen LogP contribution is -2.39. The summed E-state index contributed by atoms with van der Waals surface area (Å²) in [7, 11) is 0. The van der Waals surface area contributed by atoms with Crippen molar-refractivity contribution in [1.29, 1.82) is 0 Å². The fourth-order valence-corrected chi connectivity index (χ4v) is 5.29. The van der Waals surface area contributed by atoms with Gasteiger partial charge in [0, 0.05) is 64.5 Å². The second kappa shape index (κ2) is 11.8. The van der Waals surface area contributed by atoms with Crippen molar-refractivity contribution in [2.24, 2.45) is 5.41 Å². The molecule has 3 aromatic rings. The van der Waals surface area contributed by atoms with Crippen molar-refractivity contribution in [1.82, 2.24) is 9.97 Å². The van der Waals surface area contributed by atoms with Crippen LogP contribution in [0.15, 0.2) is 42.7 Å². The van der Waals surface area contributed by atoms with E-state index in [9.17, 15) is 9.90 Å². The van der Waals surface area contributed by atoms with Gasteiger partial charge in [0.1, 0.15) is 6.61 Å². The molecule has 1 aliphatic rings. The lowest BCUT2D eigenvalue weighted by Gasteiger charge is -2.40. The number of carboxylic acid groups (broad SMARTS) is 1. The van der Waals surface area contributed by atoms with Crippen LogP contribution in [0.2, 0.25) is 5.02 Å². The lowest BCUT2D eigenvalue weighted by molar-refractivity contribution is -0.160. The van der Waals surface area contributed by atoms with Crippen molar-refractivity contribution in [3.63, 3.8) is 0 Å². The Labute approximate surface area is 242 Å². The number of piperidine rings is 1. The van der Waals surface area contributed by atoms with Crippen LogP contribution in [-0.4, -0.2) is 39.7 Å². The monoisotopic (exact) mass is 565 g/mol. The van der Waals surface area contributed by atoms with Gasteiger partial charge in [-0.2, -0.15) is 0 Å². The van der Waals surface area contributed by atoms with Crippen LogP contribution < -0.4 is 9.64 Å². The minimum atomic E-state index is -1.16. The summed E-state index contributed by atoms with van der Waals surface area (Å²) in [6.45, 7) is 15.9. The van der Waals surface area contributed by atoms with Gasteiger partial charge < -0.3 is 19.5 Å². The van der Waals surface area contributed by atoms with Crippen LogP contribution in [0.4, 0.5) is 5.69 Å². The van der Waals surface area contributed by atoms with Crippen molar-refractivity contribution < 1.29 is 19.4 Å². The average Bonchev–Trinajstić information content (AvgIpc) is 2.87. The number of benzene rings is 1. The molecule has 1 aliphatic heterocycles. The van der Waals surface area contributed by atoms with Gasteiger partial charge in [-0.25, -0.2) is 9.78 Å². The van der Waals surface area contributed by atoms with Gasteiger partial charge in [0.15, 0.2) is 6.10 Å². The van der Waals surface area contributed by atoms with Gasteiger partial charge >= 0.3 is 5.97 Å². The third-order valence-corrected chi connectivity index (χ3v) is 7.80. The number of halogens is 1. The van der Waals surface area contributed by atoms with Crippen LogP contribution in [0.3, 0.4) is 0 Å². The van der Waals surface area contributed by atoms with Gasteiger partial charge in [-0.05, 0) is 70.6 Å². The lowest BCUT2D eigenvalue weighted by atomic mass is 9.82. The number of hydrogen-bond donors (Lipinski definition) is 1. The molecule has 0 spiro atoms. The van der Waals surface area contributed by atoms with E-state index < -0.39 is 17.7 Å². The molecule has 2 aromatic heterocycles. The van der Waals surface area contributed by atoms with E-state index in [4.69, 9.17) is 21.1 Å². The minimum absolute atomic E-state index is 0.230. The van der Waals surface area contributed by atoms with Crippen LogP contribution in [0.25, 0.3) is 11.1 Å². The van der Waals surface area contributed by atoms with E-state index in [0.29, 0.717) is 28.8 Å². The number of anilines is 1. The number of nitrogens with zero attached hydrogens (tertiary/aromatic N) is 3. The number of hydrogen-bond acceptors (Lipinski definition) is 6. The standard InChI is InChI=1S/C32H40ClN3O4/c1-20-9-8-10-25(33)24(20)19-39-26-12-11-22(17-35-26)23-18-34-21(2)27(29(30(37)38)40-31(3,4)5)28(23)36-15-13-32(6,7)14-16-36/h8-12,17-18,29H,13-16,19H2,1-7H3,(H,37,38). The van der Waals surface area contributed by atoms with Gasteiger partial charge in [0.2, 0.25) is 5.88 Å². The van der Waals surface area contributed by atoms with Gasteiger partial charge in [-0.1, -0.05) is 37.6 Å². The fraction of sp³-hybridized carbons (Fsp3) is 0.469. The summed E-state index contributed by atoms with van der Waals surface area (Å²) < 4.78 is 12.1. The molecule has 214 valence electrons. The molecule has 1 aromatic carbocycles. The maximum absolute atomic E-state index is 12.6. The molecule has 0 bridgehead atoms. The molecule has 0 saturated carbocycles. The van der Waals surface area contributed by atoms with E-state index in [0.717, 1.165) is 53.9 Å². The SMILES string of the molecule is Cc1cccc(Cl)c1COc1ccc(-c2cnc(C)c(C(OC(C)(C)C)C(=O)O)c2N2CCC(C)(C)CC2)cn1. The highest BCUT2D eigenvalue weighted by molar-refractivity contribution is 6.31. The highest BCUT2D eigenvalue weighted by Gasteiger charge is 2.35. The molecule has 0 aliphatic carbocycles. The Morgan fingerprint density at radius 3 is 2.38 bits per heavy atom. The first-order valence-corrected chi connectivity index (χ1v) is 14.1. The van der Waals surface area contributed by atoms with Crippen LogP contribution in [-0.2, 0) is 16.1 Å². The second-order valence-corrected chi connectivity index (χ2v) is 12.7. The normalized spacial score (nSPS) is 16.1. The average molecular weight is 566 g/mol. The Morgan fingerprint density at radius 1 is 1.10 bits per heavy atom. The number of carbonyl (C=O) groups is 1. The Bertz CT molecular complexity index is 1340. The molecule has 4 rings (SSSR count). The van der Waals surface area contributed by atoms with Crippen molar-refractivity contribution in [3.05, 3.63) is 70.1 Å². The van der Waals surface area contributed by atoms with E-state index in [1.54, 1.807) is 6.20 Å². The Hall–Kier alpha value is -3.16. The van der Waals surface area contributed by atoms with Crippen LogP contribution in [0, 0.1) is 19.3 Å². The molecule has 0 amide bonds. The topological polar surface area (TPSA) is 84.8 Å². The zero-order valence-electron chi connectivity index (χ0n) is 24.5. The molecule has 7 nitrogen and oxygen atoms in total. The molecule has 0 radical (unpaired) electrons. The number of carboxylic acids is 1. The van der Waals surface area contributed by atoms with E-state index in [-0.39, 0.29) is 5.41 Å². The summed E-state index contributed by atoms with van der Waals surface area (Å²) in [4.78, 5) is 24.1. The van der Waals surface area contributed by atoms with Gasteiger partial charge in [-0.15, -0.1) is 0 Å². The van der Waals surface area contributed by atoms with Crippen LogP contribution in [0.5, 0.6) is 5.88 Å². The summed E-state index contributed by atoms with van der Waals surface area (Å²) in [6.07, 6.45) is 4.40. The Kier molecular flexibility index (Phi) is 8.76. The highest BCUT2D eigenvalue weighted by Crippen LogP contribution is 2.43. The van der Waals surface area contributed by atoms with E-state index in [1.165, 1.54) is 0 Å². The number of aliphatic carboxylic acids is 1. The maximum atomic E-state index is 12.6. The summed E-state index contributed by atoms with van der Waals surface area (Å²) in [5.74, 6) is -0.559. The minimum Gasteiger partial charge on any atom is -0.479 e. The molecule has 8 heteroatoms. The third kappa shape index (κ3) is 6.94. The highest BCUT2D eigenvalue weighted by atomic mass is 35.5. The molecular weight excluding hydrogens is 526 g/mol.